The first-order valence-electron chi connectivity index (χ1n) is 6.70. The van der Waals surface area contributed by atoms with Crippen LogP contribution in [0.2, 0.25) is 0 Å². The van der Waals surface area contributed by atoms with Gasteiger partial charge in [0.2, 0.25) is 0 Å². The molecule has 1 aliphatic heterocycles. The topological polar surface area (TPSA) is 69.4 Å². The summed E-state index contributed by atoms with van der Waals surface area (Å²) in [6.07, 6.45) is 2.12. The van der Waals surface area contributed by atoms with Crippen molar-refractivity contribution in [1.29, 1.82) is 0 Å². The summed E-state index contributed by atoms with van der Waals surface area (Å²) >= 11 is 0. The smallest absolute Gasteiger partial charge is 0.142 e. The maximum absolute atomic E-state index is 5.90. The summed E-state index contributed by atoms with van der Waals surface area (Å²) in [4.78, 5) is 4.44. The van der Waals surface area contributed by atoms with Crippen LogP contribution in [0.1, 0.15) is 32.5 Å². The molecule has 5 nitrogen and oxygen atoms in total. The van der Waals surface area contributed by atoms with E-state index in [9.17, 15) is 0 Å². The molecular weight excluding hydrogens is 242 g/mol. The quantitative estimate of drug-likeness (QED) is 0.640. The normalized spacial score (nSPS) is 32.3. The Morgan fingerprint density at radius 1 is 1.37 bits per heavy atom. The van der Waals surface area contributed by atoms with E-state index in [4.69, 9.17) is 15.3 Å². The van der Waals surface area contributed by atoms with Gasteiger partial charge < -0.3 is 9.47 Å². The van der Waals surface area contributed by atoms with Crippen LogP contribution in [0.5, 0.6) is 5.75 Å². The summed E-state index contributed by atoms with van der Waals surface area (Å²) in [6, 6.07) is 3.68. The van der Waals surface area contributed by atoms with Gasteiger partial charge in [0.15, 0.2) is 0 Å². The number of hydrogen-bond acceptors (Lipinski definition) is 5. The van der Waals surface area contributed by atoms with E-state index in [-0.39, 0.29) is 24.2 Å². The van der Waals surface area contributed by atoms with Crippen LogP contribution in [0.3, 0.4) is 0 Å². The molecule has 2 heterocycles. The summed E-state index contributed by atoms with van der Waals surface area (Å²) in [7, 11) is 1.65. The fraction of sp³-hybridized carbons (Fsp3) is 0.643. The first-order chi connectivity index (χ1) is 9.10. The van der Waals surface area contributed by atoms with E-state index in [0.717, 1.165) is 11.4 Å². The van der Waals surface area contributed by atoms with Crippen molar-refractivity contribution < 1.29 is 9.47 Å². The van der Waals surface area contributed by atoms with E-state index in [0.29, 0.717) is 5.92 Å². The van der Waals surface area contributed by atoms with Crippen molar-refractivity contribution in [2.45, 2.75) is 39.0 Å². The van der Waals surface area contributed by atoms with Crippen molar-refractivity contribution in [2.75, 3.05) is 7.11 Å². The number of nitrogens with one attached hydrogen (secondary N) is 1. The Hall–Kier alpha value is -1.17. The van der Waals surface area contributed by atoms with Crippen LogP contribution in [-0.2, 0) is 4.74 Å². The highest BCUT2D eigenvalue weighted by Gasteiger charge is 2.43. The Balaban J connectivity index is 2.34. The van der Waals surface area contributed by atoms with E-state index in [2.05, 4.69) is 31.2 Å². The molecule has 0 bridgehead atoms. The maximum Gasteiger partial charge on any atom is 0.142 e. The molecule has 1 fully saturated rings. The van der Waals surface area contributed by atoms with Crippen LogP contribution >= 0.6 is 0 Å². The van der Waals surface area contributed by atoms with Crippen LogP contribution in [0, 0.1) is 11.8 Å². The Bertz CT molecular complexity index is 427. The highest BCUT2D eigenvalue weighted by Crippen LogP contribution is 2.41. The van der Waals surface area contributed by atoms with Gasteiger partial charge in [0, 0.05) is 12.1 Å². The molecule has 3 N–H and O–H groups in total. The van der Waals surface area contributed by atoms with E-state index in [1.807, 2.05) is 12.1 Å². The van der Waals surface area contributed by atoms with E-state index < -0.39 is 0 Å². The third-order valence-corrected chi connectivity index (χ3v) is 4.20. The average Bonchev–Trinajstić information content (AvgIpc) is 2.67. The van der Waals surface area contributed by atoms with Crippen LogP contribution in [0.4, 0.5) is 0 Å². The molecule has 19 heavy (non-hydrogen) atoms. The molecule has 0 aliphatic carbocycles. The number of ether oxygens (including phenoxy) is 2. The van der Waals surface area contributed by atoms with E-state index in [1.54, 1.807) is 13.3 Å². The Morgan fingerprint density at radius 2 is 2.11 bits per heavy atom. The van der Waals surface area contributed by atoms with Gasteiger partial charge in [-0.15, -0.1) is 0 Å². The molecule has 0 spiro atoms. The van der Waals surface area contributed by atoms with Crippen molar-refractivity contribution in [3.63, 3.8) is 0 Å². The van der Waals surface area contributed by atoms with Gasteiger partial charge in [-0.1, -0.05) is 6.92 Å². The van der Waals surface area contributed by atoms with Crippen molar-refractivity contribution in [2.24, 2.45) is 17.7 Å². The zero-order valence-electron chi connectivity index (χ0n) is 12.0. The fourth-order valence-corrected chi connectivity index (χ4v) is 3.05. The number of aromatic nitrogens is 1. The lowest BCUT2D eigenvalue weighted by Crippen LogP contribution is -2.39. The van der Waals surface area contributed by atoms with Gasteiger partial charge >= 0.3 is 0 Å². The summed E-state index contributed by atoms with van der Waals surface area (Å²) in [5.74, 6) is 7.20. The molecule has 0 amide bonds. The average molecular weight is 265 g/mol. The third-order valence-electron chi connectivity index (χ3n) is 4.20. The maximum atomic E-state index is 5.90. The molecule has 2 rings (SSSR count). The number of rotatable bonds is 4. The Morgan fingerprint density at radius 3 is 2.63 bits per heavy atom. The molecule has 0 saturated carbocycles. The van der Waals surface area contributed by atoms with Gasteiger partial charge in [0.25, 0.3) is 0 Å². The van der Waals surface area contributed by atoms with Gasteiger partial charge in [-0.2, -0.15) is 0 Å². The molecule has 1 aromatic rings. The minimum absolute atomic E-state index is 0.0777. The van der Waals surface area contributed by atoms with Crippen molar-refractivity contribution in [3.8, 4) is 5.75 Å². The van der Waals surface area contributed by atoms with Gasteiger partial charge in [0.1, 0.15) is 11.4 Å². The standard InChI is InChI=1S/C14H23N3O2/c1-8-9(2)19-10(3)12(8)14(17-15)13-11(18-4)6-5-7-16-13/h5-10,12,14,17H,15H2,1-4H3. The Kier molecular flexibility index (Phi) is 4.39. The Labute approximate surface area is 114 Å². The molecule has 1 aromatic heterocycles. The van der Waals surface area contributed by atoms with Crippen LogP contribution in [0.15, 0.2) is 18.3 Å². The molecule has 1 aliphatic rings. The van der Waals surface area contributed by atoms with Gasteiger partial charge in [-0.3, -0.25) is 16.3 Å². The number of nitrogens with zero attached hydrogens (tertiary/aromatic N) is 1. The molecule has 0 radical (unpaired) electrons. The van der Waals surface area contributed by atoms with Crippen molar-refractivity contribution >= 4 is 0 Å². The zero-order chi connectivity index (χ0) is 14.0. The fourth-order valence-electron chi connectivity index (χ4n) is 3.05. The first-order valence-corrected chi connectivity index (χ1v) is 6.70. The van der Waals surface area contributed by atoms with Gasteiger partial charge in [0.05, 0.1) is 25.4 Å². The largest absolute Gasteiger partial charge is 0.495 e. The predicted molar refractivity (Wildman–Crippen MR) is 73.5 cm³/mol. The van der Waals surface area contributed by atoms with Crippen molar-refractivity contribution in [1.82, 2.24) is 10.4 Å². The predicted octanol–water partition coefficient (Wildman–Crippen LogP) is 1.65. The highest BCUT2D eigenvalue weighted by atomic mass is 16.5. The lowest BCUT2D eigenvalue weighted by Gasteiger charge is -2.28. The van der Waals surface area contributed by atoms with Gasteiger partial charge in [-0.05, 0) is 31.9 Å². The summed E-state index contributed by atoms with van der Waals surface area (Å²) in [5, 5.41) is 0. The van der Waals surface area contributed by atoms with Crippen molar-refractivity contribution in [3.05, 3.63) is 24.0 Å². The minimum Gasteiger partial charge on any atom is -0.495 e. The summed E-state index contributed by atoms with van der Waals surface area (Å²) in [5.41, 5.74) is 3.74. The molecule has 5 heteroatoms. The highest BCUT2D eigenvalue weighted by molar-refractivity contribution is 5.30. The number of methoxy groups -OCH3 is 1. The molecular formula is C14H23N3O2. The third kappa shape index (κ3) is 2.59. The second kappa shape index (κ2) is 5.86. The summed E-state index contributed by atoms with van der Waals surface area (Å²) in [6.45, 7) is 6.38. The lowest BCUT2D eigenvalue weighted by molar-refractivity contribution is 0.0472. The lowest BCUT2D eigenvalue weighted by atomic mass is 9.82. The molecule has 5 unspecified atom stereocenters. The van der Waals surface area contributed by atoms with E-state index >= 15 is 0 Å². The van der Waals surface area contributed by atoms with Gasteiger partial charge in [-0.25, -0.2) is 0 Å². The summed E-state index contributed by atoms with van der Waals surface area (Å²) < 4.78 is 11.3. The number of hydrazine groups is 1. The van der Waals surface area contributed by atoms with Crippen LogP contribution in [-0.4, -0.2) is 24.3 Å². The monoisotopic (exact) mass is 265 g/mol. The first kappa shape index (κ1) is 14.2. The second-order valence-corrected chi connectivity index (χ2v) is 5.22. The molecule has 0 aromatic carbocycles. The molecule has 5 atom stereocenters. The van der Waals surface area contributed by atoms with Crippen LogP contribution in [0.25, 0.3) is 0 Å². The number of hydrogen-bond donors (Lipinski definition) is 2. The number of nitrogens with two attached hydrogens (primary N) is 1. The zero-order valence-corrected chi connectivity index (χ0v) is 12.0. The SMILES string of the molecule is COc1cccnc1C(NN)C1C(C)OC(C)C1C. The van der Waals surface area contributed by atoms with E-state index in [1.165, 1.54) is 0 Å². The molecule has 106 valence electrons. The van der Waals surface area contributed by atoms with Crippen LogP contribution < -0.4 is 16.0 Å². The molecule has 1 saturated heterocycles. The number of pyridine rings is 1. The minimum atomic E-state index is -0.0777. The second-order valence-electron chi connectivity index (χ2n) is 5.22.